The minimum absolute atomic E-state index is 0.113. The Morgan fingerprint density at radius 3 is 2.75 bits per heavy atom. The number of nitro groups is 1. The third-order valence-corrected chi connectivity index (χ3v) is 3.69. The monoisotopic (exact) mass is 301 g/mol. The van der Waals surface area contributed by atoms with Crippen LogP contribution in [0, 0.1) is 15.9 Å². The molecule has 1 aliphatic heterocycles. The van der Waals surface area contributed by atoms with Gasteiger partial charge in [0.2, 0.25) is 0 Å². The molecule has 0 spiro atoms. The average molecular weight is 302 g/mol. The Morgan fingerprint density at radius 2 is 2.10 bits per heavy atom. The quantitative estimate of drug-likeness (QED) is 0.497. The van der Waals surface area contributed by atoms with Crippen molar-refractivity contribution >= 4 is 23.0 Å². The van der Waals surface area contributed by atoms with Crippen LogP contribution in [0.5, 0.6) is 0 Å². The van der Waals surface area contributed by atoms with Gasteiger partial charge in [-0.05, 0) is 45.0 Å². The van der Waals surface area contributed by atoms with Gasteiger partial charge in [-0.2, -0.15) is 0 Å². The maximum atomic E-state index is 13.2. The van der Waals surface area contributed by atoms with Crippen molar-refractivity contribution in [2.75, 3.05) is 31.5 Å². The Hall–Kier alpha value is -1.40. The number of hydrogen-bond acceptors (Lipinski definition) is 4. The first kappa shape index (κ1) is 15.0. The SMILES string of the molecule is O=[N+]([O-])c1cc(F)c(Cl)cc1NCCCN1CCCC1. The van der Waals surface area contributed by atoms with Crippen LogP contribution in [-0.4, -0.2) is 36.0 Å². The van der Waals surface area contributed by atoms with E-state index in [0.29, 0.717) is 6.54 Å². The highest BCUT2D eigenvalue weighted by Crippen LogP contribution is 2.30. The Morgan fingerprint density at radius 1 is 1.40 bits per heavy atom. The average Bonchev–Trinajstić information content (AvgIpc) is 2.91. The molecule has 0 atom stereocenters. The van der Waals surface area contributed by atoms with E-state index < -0.39 is 10.7 Å². The largest absolute Gasteiger partial charge is 0.379 e. The first-order valence-electron chi connectivity index (χ1n) is 6.67. The van der Waals surface area contributed by atoms with Gasteiger partial charge >= 0.3 is 0 Å². The first-order valence-corrected chi connectivity index (χ1v) is 7.05. The van der Waals surface area contributed by atoms with Crippen LogP contribution in [0.1, 0.15) is 19.3 Å². The molecule has 1 aromatic carbocycles. The maximum absolute atomic E-state index is 13.2. The Balaban J connectivity index is 1.90. The van der Waals surface area contributed by atoms with Gasteiger partial charge in [0.05, 0.1) is 16.0 Å². The van der Waals surface area contributed by atoms with E-state index in [1.807, 2.05) is 0 Å². The molecule has 2 rings (SSSR count). The summed E-state index contributed by atoms with van der Waals surface area (Å²) in [5.74, 6) is -0.777. The van der Waals surface area contributed by atoms with E-state index in [9.17, 15) is 14.5 Å². The molecule has 0 amide bonds. The normalized spacial score (nSPS) is 15.5. The Kier molecular flexibility index (Phi) is 5.14. The van der Waals surface area contributed by atoms with Crippen LogP contribution in [-0.2, 0) is 0 Å². The fourth-order valence-electron chi connectivity index (χ4n) is 2.36. The highest BCUT2D eigenvalue weighted by atomic mass is 35.5. The number of hydrogen-bond donors (Lipinski definition) is 1. The second-order valence-electron chi connectivity index (χ2n) is 4.87. The van der Waals surface area contributed by atoms with Gasteiger partial charge in [0.15, 0.2) is 0 Å². The number of nitrogens with one attached hydrogen (secondary N) is 1. The second kappa shape index (κ2) is 6.85. The lowest BCUT2D eigenvalue weighted by Gasteiger charge is -2.14. The minimum atomic E-state index is -0.777. The lowest BCUT2D eigenvalue weighted by molar-refractivity contribution is -0.384. The van der Waals surface area contributed by atoms with Crippen LogP contribution >= 0.6 is 11.6 Å². The van der Waals surface area contributed by atoms with Crippen molar-refractivity contribution in [3.05, 3.63) is 33.1 Å². The molecule has 0 aromatic heterocycles. The van der Waals surface area contributed by atoms with Crippen LogP contribution < -0.4 is 5.32 Å². The minimum Gasteiger partial charge on any atom is -0.379 e. The van der Waals surface area contributed by atoms with Crippen molar-refractivity contribution in [3.8, 4) is 0 Å². The summed E-state index contributed by atoms with van der Waals surface area (Å²) in [6, 6.07) is 2.12. The fourth-order valence-corrected chi connectivity index (χ4v) is 2.52. The van der Waals surface area contributed by atoms with Crippen LogP contribution in [0.25, 0.3) is 0 Å². The molecule has 1 saturated heterocycles. The van der Waals surface area contributed by atoms with Crippen molar-refractivity contribution < 1.29 is 9.31 Å². The standard InChI is InChI=1S/C13H17ClFN3O2/c14-10-8-12(13(18(19)20)9-11(10)15)16-4-3-7-17-5-1-2-6-17/h8-9,16H,1-7H2. The van der Waals surface area contributed by atoms with Crippen LogP contribution in [0.4, 0.5) is 15.8 Å². The number of rotatable bonds is 6. The lowest BCUT2D eigenvalue weighted by atomic mass is 10.2. The van der Waals surface area contributed by atoms with Crippen molar-refractivity contribution in [1.29, 1.82) is 0 Å². The smallest absolute Gasteiger partial charge is 0.295 e. The van der Waals surface area contributed by atoms with Gasteiger partial charge < -0.3 is 10.2 Å². The van der Waals surface area contributed by atoms with Crippen molar-refractivity contribution in [2.45, 2.75) is 19.3 Å². The van der Waals surface area contributed by atoms with E-state index >= 15 is 0 Å². The van der Waals surface area contributed by atoms with Gasteiger partial charge in [-0.15, -0.1) is 0 Å². The zero-order valence-corrected chi connectivity index (χ0v) is 11.8. The molecule has 0 aliphatic carbocycles. The summed E-state index contributed by atoms with van der Waals surface area (Å²) in [5.41, 5.74) is -0.0177. The van der Waals surface area contributed by atoms with E-state index in [4.69, 9.17) is 11.6 Å². The summed E-state index contributed by atoms with van der Waals surface area (Å²) in [4.78, 5) is 12.6. The van der Waals surface area contributed by atoms with Crippen molar-refractivity contribution in [2.24, 2.45) is 0 Å². The molecule has 7 heteroatoms. The van der Waals surface area contributed by atoms with E-state index in [-0.39, 0.29) is 16.4 Å². The second-order valence-corrected chi connectivity index (χ2v) is 5.28. The highest BCUT2D eigenvalue weighted by molar-refractivity contribution is 6.31. The van der Waals surface area contributed by atoms with Crippen molar-refractivity contribution in [3.63, 3.8) is 0 Å². The highest BCUT2D eigenvalue weighted by Gasteiger charge is 2.17. The summed E-state index contributed by atoms with van der Waals surface area (Å²) < 4.78 is 13.2. The van der Waals surface area contributed by atoms with E-state index in [2.05, 4.69) is 10.2 Å². The summed E-state index contributed by atoms with van der Waals surface area (Å²) >= 11 is 5.66. The molecule has 0 unspecified atom stereocenters. The van der Waals surface area contributed by atoms with Gasteiger partial charge in [-0.25, -0.2) is 4.39 Å². The number of likely N-dealkylation sites (tertiary alicyclic amines) is 1. The molecule has 1 N–H and O–H groups in total. The molecule has 1 aliphatic rings. The molecule has 0 radical (unpaired) electrons. The topological polar surface area (TPSA) is 58.4 Å². The van der Waals surface area contributed by atoms with Gasteiger partial charge in [0.25, 0.3) is 5.69 Å². The molecular formula is C13H17ClFN3O2. The molecule has 0 saturated carbocycles. The molecule has 20 heavy (non-hydrogen) atoms. The number of nitrogens with zero attached hydrogens (tertiary/aromatic N) is 2. The third-order valence-electron chi connectivity index (χ3n) is 3.40. The van der Waals surface area contributed by atoms with Gasteiger partial charge in [-0.1, -0.05) is 11.6 Å². The summed E-state index contributed by atoms with van der Waals surface area (Å²) in [7, 11) is 0. The number of benzene rings is 1. The Labute approximate surface area is 121 Å². The summed E-state index contributed by atoms with van der Waals surface area (Å²) in [6.07, 6.45) is 3.37. The molecule has 110 valence electrons. The molecular weight excluding hydrogens is 285 g/mol. The Bertz CT molecular complexity index is 493. The van der Waals surface area contributed by atoms with Gasteiger partial charge in [0.1, 0.15) is 11.5 Å². The molecule has 0 bridgehead atoms. The summed E-state index contributed by atoms with van der Waals surface area (Å²) in [6.45, 7) is 3.82. The van der Waals surface area contributed by atoms with Crippen LogP contribution in [0.3, 0.4) is 0 Å². The van der Waals surface area contributed by atoms with Crippen LogP contribution in [0.2, 0.25) is 5.02 Å². The number of halogens is 2. The zero-order valence-electron chi connectivity index (χ0n) is 11.1. The van der Waals surface area contributed by atoms with Crippen LogP contribution in [0.15, 0.2) is 12.1 Å². The van der Waals surface area contributed by atoms with Crippen molar-refractivity contribution in [1.82, 2.24) is 4.90 Å². The molecule has 5 nitrogen and oxygen atoms in total. The molecule has 1 heterocycles. The third kappa shape index (κ3) is 3.80. The molecule has 1 fully saturated rings. The maximum Gasteiger partial charge on any atom is 0.295 e. The van der Waals surface area contributed by atoms with Gasteiger partial charge in [0, 0.05) is 6.54 Å². The predicted molar refractivity (Wildman–Crippen MR) is 76.8 cm³/mol. The first-order chi connectivity index (χ1) is 9.58. The number of nitro benzene ring substituents is 1. The lowest BCUT2D eigenvalue weighted by Crippen LogP contribution is -2.22. The van der Waals surface area contributed by atoms with E-state index in [1.54, 1.807) is 0 Å². The van der Waals surface area contributed by atoms with Gasteiger partial charge in [-0.3, -0.25) is 10.1 Å². The summed E-state index contributed by atoms with van der Waals surface area (Å²) in [5, 5.41) is 13.7. The van der Waals surface area contributed by atoms with E-state index in [1.165, 1.54) is 18.9 Å². The molecule has 1 aromatic rings. The number of anilines is 1. The predicted octanol–water partition coefficient (Wildman–Crippen LogP) is 3.29. The fraction of sp³-hybridized carbons (Fsp3) is 0.538. The zero-order chi connectivity index (χ0) is 14.5. The van der Waals surface area contributed by atoms with E-state index in [0.717, 1.165) is 32.1 Å².